The number of aryl methyl sites for hydroxylation is 1. The van der Waals surface area contributed by atoms with E-state index in [1.807, 2.05) is 48.9 Å². The molecule has 7 heteroatoms. The molecule has 3 rings (SSSR count). The van der Waals surface area contributed by atoms with Crippen molar-refractivity contribution in [1.82, 2.24) is 14.7 Å². The standard InChI is InChI=1S/C20H29N5O.ClH/c1-15-19(16(2)25(23-15)17-7-5-4-6-8-17)22-18(26)9-11-24-12-10-20(3,13-21)14-24;/h4-8H,9-14,21H2,1-3H3,(H,22,26);1H. The number of carbonyl (C=O) groups is 1. The van der Waals surface area contributed by atoms with Crippen LogP contribution in [0.1, 0.15) is 31.2 Å². The summed E-state index contributed by atoms with van der Waals surface area (Å²) in [7, 11) is 0. The second-order valence-electron chi connectivity index (χ2n) is 7.63. The summed E-state index contributed by atoms with van der Waals surface area (Å²) < 4.78 is 1.87. The third-order valence-corrected chi connectivity index (χ3v) is 5.34. The second kappa shape index (κ2) is 8.87. The summed E-state index contributed by atoms with van der Waals surface area (Å²) in [6.45, 7) is 9.59. The molecule has 0 spiro atoms. The number of rotatable bonds is 6. The lowest BCUT2D eigenvalue weighted by Crippen LogP contribution is -2.32. The molecule has 1 fully saturated rings. The van der Waals surface area contributed by atoms with Crippen LogP contribution in [-0.4, -0.2) is 46.8 Å². The highest BCUT2D eigenvalue weighted by molar-refractivity contribution is 5.92. The van der Waals surface area contributed by atoms with Crippen LogP contribution in [0.2, 0.25) is 0 Å². The van der Waals surface area contributed by atoms with Gasteiger partial charge in [-0.05, 0) is 50.9 Å². The topological polar surface area (TPSA) is 76.2 Å². The third kappa shape index (κ3) is 4.89. The highest BCUT2D eigenvalue weighted by Gasteiger charge is 2.32. The Kier molecular flexibility index (Phi) is 7.03. The molecule has 148 valence electrons. The minimum Gasteiger partial charge on any atom is -0.330 e. The molecule has 0 radical (unpaired) electrons. The van der Waals surface area contributed by atoms with Crippen LogP contribution in [0.3, 0.4) is 0 Å². The zero-order valence-electron chi connectivity index (χ0n) is 16.4. The molecule has 6 nitrogen and oxygen atoms in total. The number of likely N-dealkylation sites (tertiary alicyclic amines) is 1. The number of hydrogen-bond donors (Lipinski definition) is 2. The molecule has 3 N–H and O–H groups in total. The average Bonchev–Trinajstić information content (AvgIpc) is 3.16. The maximum Gasteiger partial charge on any atom is 0.225 e. The van der Waals surface area contributed by atoms with Gasteiger partial charge in [0.1, 0.15) is 0 Å². The largest absolute Gasteiger partial charge is 0.330 e. The quantitative estimate of drug-likeness (QED) is 0.793. The highest BCUT2D eigenvalue weighted by atomic mass is 35.5. The van der Waals surface area contributed by atoms with Gasteiger partial charge in [-0.15, -0.1) is 12.4 Å². The van der Waals surface area contributed by atoms with Crippen molar-refractivity contribution in [2.24, 2.45) is 11.1 Å². The Morgan fingerprint density at radius 1 is 1.30 bits per heavy atom. The first-order chi connectivity index (χ1) is 12.4. The van der Waals surface area contributed by atoms with Gasteiger partial charge in [0, 0.05) is 19.5 Å². The predicted octanol–water partition coefficient (Wildman–Crippen LogP) is 2.91. The summed E-state index contributed by atoms with van der Waals surface area (Å²) in [5.41, 5.74) is 9.63. The number of nitrogens with two attached hydrogens (primary N) is 1. The molecule has 2 heterocycles. The lowest BCUT2D eigenvalue weighted by atomic mass is 9.90. The van der Waals surface area contributed by atoms with Crippen molar-refractivity contribution in [3.8, 4) is 5.69 Å². The number of amides is 1. The Bertz CT molecular complexity index is 776. The van der Waals surface area contributed by atoms with Crippen LogP contribution in [0.15, 0.2) is 30.3 Å². The van der Waals surface area contributed by atoms with Crippen molar-refractivity contribution >= 4 is 24.0 Å². The van der Waals surface area contributed by atoms with Crippen LogP contribution in [-0.2, 0) is 4.79 Å². The SMILES string of the molecule is Cc1nn(-c2ccccc2)c(C)c1NC(=O)CCN1CCC(C)(CN)C1.Cl. The van der Waals surface area contributed by atoms with E-state index in [4.69, 9.17) is 5.73 Å². The van der Waals surface area contributed by atoms with Crippen molar-refractivity contribution < 1.29 is 4.79 Å². The summed E-state index contributed by atoms with van der Waals surface area (Å²) in [6.07, 6.45) is 1.59. The zero-order chi connectivity index (χ0) is 18.7. The van der Waals surface area contributed by atoms with Gasteiger partial charge in [0.05, 0.1) is 22.8 Å². The minimum absolute atomic E-state index is 0. The fourth-order valence-corrected chi connectivity index (χ4v) is 3.59. The third-order valence-electron chi connectivity index (χ3n) is 5.34. The Morgan fingerprint density at radius 2 is 2.00 bits per heavy atom. The van der Waals surface area contributed by atoms with Gasteiger partial charge in [-0.25, -0.2) is 4.68 Å². The summed E-state index contributed by atoms with van der Waals surface area (Å²) >= 11 is 0. The van der Waals surface area contributed by atoms with Gasteiger partial charge < -0.3 is 16.0 Å². The van der Waals surface area contributed by atoms with Crippen molar-refractivity contribution in [2.45, 2.75) is 33.6 Å². The molecule has 1 aliphatic heterocycles. The predicted molar refractivity (Wildman–Crippen MR) is 112 cm³/mol. The van der Waals surface area contributed by atoms with Crippen molar-refractivity contribution in [3.05, 3.63) is 41.7 Å². The van der Waals surface area contributed by atoms with Gasteiger partial charge in [-0.3, -0.25) is 4.79 Å². The van der Waals surface area contributed by atoms with Crippen molar-refractivity contribution in [1.29, 1.82) is 0 Å². The molecule has 1 aromatic carbocycles. The fraction of sp³-hybridized carbons (Fsp3) is 0.500. The first-order valence-corrected chi connectivity index (χ1v) is 9.26. The average molecular weight is 392 g/mol. The summed E-state index contributed by atoms with van der Waals surface area (Å²) in [4.78, 5) is 14.8. The molecule has 1 amide bonds. The Labute approximate surface area is 167 Å². The van der Waals surface area contributed by atoms with E-state index in [9.17, 15) is 4.79 Å². The first kappa shape index (κ1) is 21.4. The van der Waals surface area contributed by atoms with Gasteiger partial charge in [0.25, 0.3) is 0 Å². The van der Waals surface area contributed by atoms with Crippen LogP contribution in [0, 0.1) is 19.3 Å². The van der Waals surface area contributed by atoms with Crippen LogP contribution in [0.4, 0.5) is 5.69 Å². The number of anilines is 1. The Balaban J connectivity index is 0.00000261. The minimum atomic E-state index is 0. The maximum absolute atomic E-state index is 12.5. The van der Waals surface area contributed by atoms with Crippen molar-refractivity contribution in [3.63, 3.8) is 0 Å². The van der Waals surface area contributed by atoms with Crippen LogP contribution in [0.5, 0.6) is 0 Å². The van der Waals surface area contributed by atoms with Gasteiger partial charge in [-0.2, -0.15) is 5.10 Å². The summed E-state index contributed by atoms with van der Waals surface area (Å²) in [6, 6.07) is 9.95. The normalized spacial score (nSPS) is 19.7. The van der Waals surface area contributed by atoms with E-state index >= 15 is 0 Å². The summed E-state index contributed by atoms with van der Waals surface area (Å²) in [5, 5.41) is 7.63. The first-order valence-electron chi connectivity index (χ1n) is 9.26. The van der Waals surface area contributed by atoms with E-state index < -0.39 is 0 Å². The number of aromatic nitrogens is 2. The molecule has 1 aliphatic rings. The van der Waals surface area contributed by atoms with E-state index in [0.717, 1.165) is 48.8 Å². The van der Waals surface area contributed by atoms with Crippen molar-refractivity contribution in [2.75, 3.05) is 31.5 Å². The maximum atomic E-state index is 12.5. The Hall–Kier alpha value is -1.89. The van der Waals surface area contributed by atoms with Gasteiger partial charge in [-0.1, -0.05) is 25.1 Å². The molecule has 1 aromatic heterocycles. The molecule has 1 unspecified atom stereocenters. The zero-order valence-corrected chi connectivity index (χ0v) is 17.2. The van der Waals surface area contributed by atoms with Crippen LogP contribution in [0.25, 0.3) is 5.69 Å². The monoisotopic (exact) mass is 391 g/mol. The van der Waals surface area contributed by atoms with E-state index in [1.54, 1.807) is 0 Å². The second-order valence-corrected chi connectivity index (χ2v) is 7.63. The van der Waals surface area contributed by atoms with Gasteiger partial charge >= 0.3 is 0 Å². The highest BCUT2D eigenvalue weighted by Crippen LogP contribution is 2.28. The molecule has 27 heavy (non-hydrogen) atoms. The van der Waals surface area contributed by atoms with E-state index in [-0.39, 0.29) is 23.7 Å². The molecule has 1 saturated heterocycles. The fourth-order valence-electron chi connectivity index (χ4n) is 3.59. The molecule has 0 aliphatic carbocycles. The molecule has 0 saturated carbocycles. The lowest BCUT2D eigenvalue weighted by Gasteiger charge is -2.22. The van der Waals surface area contributed by atoms with E-state index in [2.05, 4.69) is 22.2 Å². The number of para-hydroxylation sites is 1. The molecule has 2 aromatic rings. The number of carbonyl (C=O) groups excluding carboxylic acids is 1. The van der Waals surface area contributed by atoms with Gasteiger partial charge in [0.2, 0.25) is 5.91 Å². The molecule has 0 bridgehead atoms. The van der Waals surface area contributed by atoms with Crippen LogP contribution >= 0.6 is 12.4 Å². The van der Waals surface area contributed by atoms with E-state index in [1.165, 1.54) is 0 Å². The smallest absolute Gasteiger partial charge is 0.225 e. The number of nitrogens with zero attached hydrogens (tertiary/aromatic N) is 3. The molecular weight excluding hydrogens is 362 g/mol. The Morgan fingerprint density at radius 3 is 2.63 bits per heavy atom. The molecular formula is C20H30ClN5O. The number of benzene rings is 1. The molecule has 1 atom stereocenters. The number of nitrogens with one attached hydrogen (secondary N) is 1. The van der Waals surface area contributed by atoms with Crippen LogP contribution < -0.4 is 11.1 Å². The lowest BCUT2D eigenvalue weighted by molar-refractivity contribution is -0.116. The number of halogens is 1. The van der Waals surface area contributed by atoms with E-state index in [0.29, 0.717) is 13.0 Å². The number of hydrogen-bond acceptors (Lipinski definition) is 4. The summed E-state index contributed by atoms with van der Waals surface area (Å²) in [5.74, 6) is 0.0326. The van der Waals surface area contributed by atoms with Gasteiger partial charge in [0.15, 0.2) is 0 Å².